The number of anilines is 1. The summed E-state index contributed by atoms with van der Waals surface area (Å²) in [6.45, 7) is 0. The van der Waals surface area contributed by atoms with E-state index in [4.69, 9.17) is 10.5 Å². The highest BCUT2D eigenvalue weighted by atomic mass is 16.5. The summed E-state index contributed by atoms with van der Waals surface area (Å²) >= 11 is 0. The van der Waals surface area contributed by atoms with Gasteiger partial charge in [0.15, 0.2) is 5.75 Å². The van der Waals surface area contributed by atoms with Crippen LogP contribution in [-0.2, 0) is 12.8 Å². The lowest BCUT2D eigenvalue weighted by Crippen LogP contribution is -2.02. The fourth-order valence-corrected chi connectivity index (χ4v) is 2.39. The lowest BCUT2D eigenvalue weighted by molar-refractivity contribution is 0.482. The molecule has 2 N–H and O–H groups in total. The maximum Gasteiger partial charge on any atom is 0.153 e. The normalized spacial score (nSPS) is 14.0. The maximum absolute atomic E-state index is 5.82. The zero-order valence-corrected chi connectivity index (χ0v) is 10.2. The average molecular weight is 240 g/mol. The Morgan fingerprint density at radius 3 is 2.72 bits per heavy atom. The van der Waals surface area contributed by atoms with Gasteiger partial charge in [0.25, 0.3) is 0 Å². The van der Waals surface area contributed by atoms with Crippen LogP contribution in [0, 0.1) is 0 Å². The van der Waals surface area contributed by atoms with Crippen molar-refractivity contribution in [1.82, 2.24) is 4.98 Å². The number of benzene rings is 1. The summed E-state index contributed by atoms with van der Waals surface area (Å²) in [7, 11) is 0. The van der Waals surface area contributed by atoms with Gasteiger partial charge < -0.3 is 10.5 Å². The Hall–Kier alpha value is -2.03. The SMILES string of the molecule is Nc1cnccc1Oc1ccc2c(c1)CCCC2. The van der Waals surface area contributed by atoms with Crippen molar-refractivity contribution in [2.75, 3.05) is 5.73 Å². The number of nitrogens with zero attached hydrogens (tertiary/aromatic N) is 1. The minimum atomic E-state index is 0.565. The van der Waals surface area contributed by atoms with Gasteiger partial charge in [-0.05, 0) is 48.9 Å². The number of aryl methyl sites for hydroxylation is 2. The molecular weight excluding hydrogens is 224 g/mol. The van der Waals surface area contributed by atoms with Gasteiger partial charge in [-0.25, -0.2) is 0 Å². The molecule has 0 unspecified atom stereocenters. The number of hydrogen-bond donors (Lipinski definition) is 1. The van der Waals surface area contributed by atoms with E-state index >= 15 is 0 Å². The van der Waals surface area contributed by atoms with Crippen molar-refractivity contribution >= 4 is 5.69 Å². The summed E-state index contributed by atoms with van der Waals surface area (Å²) in [6, 6.07) is 8.11. The minimum Gasteiger partial charge on any atom is -0.455 e. The molecule has 1 aliphatic rings. The van der Waals surface area contributed by atoms with Crippen LogP contribution in [0.1, 0.15) is 24.0 Å². The lowest BCUT2D eigenvalue weighted by Gasteiger charge is -2.17. The van der Waals surface area contributed by atoms with E-state index in [0.717, 1.165) is 12.2 Å². The first-order valence-electron chi connectivity index (χ1n) is 6.32. The number of pyridine rings is 1. The monoisotopic (exact) mass is 240 g/mol. The average Bonchev–Trinajstić information content (AvgIpc) is 2.41. The molecule has 0 bridgehead atoms. The van der Waals surface area contributed by atoms with Crippen molar-refractivity contribution in [3.63, 3.8) is 0 Å². The van der Waals surface area contributed by atoms with Crippen LogP contribution in [0.15, 0.2) is 36.7 Å². The molecule has 18 heavy (non-hydrogen) atoms. The predicted octanol–water partition coefficient (Wildman–Crippen LogP) is 3.33. The number of hydrogen-bond acceptors (Lipinski definition) is 3. The van der Waals surface area contributed by atoms with E-state index in [1.807, 2.05) is 6.07 Å². The van der Waals surface area contributed by atoms with Gasteiger partial charge in [-0.3, -0.25) is 4.98 Å². The van der Waals surface area contributed by atoms with Crippen LogP contribution in [0.4, 0.5) is 5.69 Å². The van der Waals surface area contributed by atoms with Gasteiger partial charge >= 0.3 is 0 Å². The van der Waals surface area contributed by atoms with Crippen molar-refractivity contribution in [1.29, 1.82) is 0 Å². The molecule has 1 heterocycles. The van der Waals surface area contributed by atoms with Crippen LogP contribution < -0.4 is 10.5 Å². The molecule has 2 aromatic rings. The van der Waals surface area contributed by atoms with Crippen LogP contribution in [-0.4, -0.2) is 4.98 Å². The van der Waals surface area contributed by atoms with Crippen LogP contribution >= 0.6 is 0 Å². The molecule has 0 saturated heterocycles. The first-order chi connectivity index (χ1) is 8.83. The summed E-state index contributed by atoms with van der Waals surface area (Å²) in [5.41, 5.74) is 9.25. The fourth-order valence-electron chi connectivity index (χ4n) is 2.39. The van der Waals surface area contributed by atoms with Crippen LogP contribution in [0.5, 0.6) is 11.5 Å². The van der Waals surface area contributed by atoms with Crippen molar-refractivity contribution < 1.29 is 4.74 Å². The molecule has 0 radical (unpaired) electrons. The third-order valence-electron chi connectivity index (χ3n) is 3.36. The van der Waals surface area contributed by atoms with E-state index in [1.165, 1.54) is 30.4 Å². The quantitative estimate of drug-likeness (QED) is 0.875. The zero-order chi connectivity index (χ0) is 12.4. The highest BCUT2D eigenvalue weighted by molar-refractivity contribution is 5.52. The predicted molar refractivity (Wildman–Crippen MR) is 71.8 cm³/mol. The second-order valence-corrected chi connectivity index (χ2v) is 4.65. The Kier molecular flexibility index (Phi) is 2.89. The van der Waals surface area contributed by atoms with Crippen LogP contribution in [0.25, 0.3) is 0 Å². The summed E-state index contributed by atoms with van der Waals surface area (Å²) in [5.74, 6) is 1.52. The molecule has 3 nitrogen and oxygen atoms in total. The molecule has 3 rings (SSSR count). The largest absolute Gasteiger partial charge is 0.455 e. The third-order valence-corrected chi connectivity index (χ3v) is 3.36. The first kappa shape index (κ1) is 11.1. The molecule has 1 aliphatic carbocycles. The Balaban J connectivity index is 1.87. The zero-order valence-electron chi connectivity index (χ0n) is 10.2. The number of rotatable bonds is 2. The van der Waals surface area contributed by atoms with Gasteiger partial charge in [-0.2, -0.15) is 0 Å². The molecule has 0 saturated carbocycles. The van der Waals surface area contributed by atoms with Gasteiger partial charge in [0.2, 0.25) is 0 Å². The fraction of sp³-hybridized carbons (Fsp3) is 0.267. The molecule has 0 amide bonds. The topological polar surface area (TPSA) is 48.1 Å². The molecule has 92 valence electrons. The number of ether oxygens (including phenoxy) is 1. The van der Waals surface area contributed by atoms with Gasteiger partial charge in [0.05, 0.1) is 11.9 Å². The smallest absolute Gasteiger partial charge is 0.153 e. The number of nitrogen functional groups attached to an aromatic ring is 1. The highest BCUT2D eigenvalue weighted by Crippen LogP contribution is 2.30. The minimum absolute atomic E-state index is 0.565. The molecule has 0 fully saturated rings. The van der Waals surface area contributed by atoms with Gasteiger partial charge in [0.1, 0.15) is 5.75 Å². The van der Waals surface area contributed by atoms with Crippen molar-refractivity contribution in [3.8, 4) is 11.5 Å². The standard InChI is InChI=1S/C15H16N2O/c16-14-10-17-8-7-15(14)18-13-6-5-11-3-1-2-4-12(11)9-13/h5-10H,1-4,16H2. The summed E-state index contributed by atoms with van der Waals surface area (Å²) in [4.78, 5) is 3.95. The Morgan fingerprint density at radius 1 is 1.06 bits per heavy atom. The number of nitrogens with two attached hydrogens (primary N) is 1. The van der Waals surface area contributed by atoms with E-state index in [-0.39, 0.29) is 0 Å². The molecule has 3 heteroatoms. The summed E-state index contributed by atoms with van der Waals surface area (Å²) in [6.07, 6.45) is 8.20. The number of aromatic nitrogens is 1. The van der Waals surface area contributed by atoms with E-state index in [1.54, 1.807) is 18.5 Å². The second-order valence-electron chi connectivity index (χ2n) is 4.65. The van der Waals surface area contributed by atoms with Crippen molar-refractivity contribution in [2.24, 2.45) is 0 Å². The van der Waals surface area contributed by atoms with Crippen molar-refractivity contribution in [3.05, 3.63) is 47.8 Å². The van der Waals surface area contributed by atoms with Gasteiger partial charge in [0, 0.05) is 12.3 Å². The number of fused-ring (bicyclic) bond motifs is 1. The molecule has 1 aromatic heterocycles. The van der Waals surface area contributed by atoms with E-state index in [9.17, 15) is 0 Å². The second kappa shape index (κ2) is 4.69. The summed E-state index contributed by atoms with van der Waals surface area (Å²) in [5, 5.41) is 0. The third kappa shape index (κ3) is 2.16. The Labute approximate surface area is 107 Å². The molecule has 0 aliphatic heterocycles. The van der Waals surface area contributed by atoms with E-state index < -0.39 is 0 Å². The van der Waals surface area contributed by atoms with Crippen LogP contribution in [0.3, 0.4) is 0 Å². The van der Waals surface area contributed by atoms with Gasteiger partial charge in [-0.1, -0.05) is 6.07 Å². The molecular formula is C15H16N2O. The maximum atomic E-state index is 5.82. The highest BCUT2D eigenvalue weighted by Gasteiger charge is 2.10. The van der Waals surface area contributed by atoms with Gasteiger partial charge in [-0.15, -0.1) is 0 Å². The summed E-state index contributed by atoms with van der Waals surface area (Å²) < 4.78 is 5.81. The molecule has 1 aromatic carbocycles. The van der Waals surface area contributed by atoms with Crippen LogP contribution in [0.2, 0.25) is 0 Å². The van der Waals surface area contributed by atoms with E-state index in [0.29, 0.717) is 11.4 Å². The molecule has 0 spiro atoms. The first-order valence-corrected chi connectivity index (χ1v) is 6.32. The lowest BCUT2D eigenvalue weighted by atomic mass is 9.92. The molecule has 0 atom stereocenters. The van der Waals surface area contributed by atoms with Crippen molar-refractivity contribution in [2.45, 2.75) is 25.7 Å². The Morgan fingerprint density at radius 2 is 1.89 bits per heavy atom. The van der Waals surface area contributed by atoms with E-state index in [2.05, 4.69) is 17.1 Å². The Bertz CT molecular complexity index is 566.